The van der Waals surface area contributed by atoms with Gasteiger partial charge in [0.2, 0.25) is 10.0 Å². The number of imide groups is 1. The third-order valence-corrected chi connectivity index (χ3v) is 7.75. The Morgan fingerprint density at radius 1 is 0.778 bits per heavy atom. The zero-order valence-corrected chi connectivity index (χ0v) is 21.2. The molecule has 0 spiro atoms. The third-order valence-electron chi connectivity index (χ3n) is 5.99. The van der Waals surface area contributed by atoms with E-state index in [0.29, 0.717) is 28.5 Å². The lowest BCUT2D eigenvalue weighted by molar-refractivity contribution is 0.0924. The molecule has 1 aliphatic rings. The highest BCUT2D eigenvalue weighted by Crippen LogP contribution is 2.31. The predicted molar refractivity (Wildman–Crippen MR) is 140 cm³/mol. The molecule has 0 atom stereocenters. The van der Waals surface area contributed by atoms with E-state index in [-0.39, 0.29) is 11.1 Å². The molecule has 0 unspecified atom stereocenters. The van der Waals surface area contributed by atoms with E-state index in [1.807, 2.05) is 12.1 Å². The summed E-state index contributed by atoms with van der Waals surface area (Å²) in [4.78, 5) is 39.9. The van der Waals surface area contributed by atoms with Crippen molar-refractivity contribution in [2.45, 2.75) is 38.9 Å². The second-order valence-corrected chi connectivity index (χ2v) is 11.4. The smallest absolute Gasteiger partial charge is 0.266 e. The molecular formula is C27H27N3O5S. The van der Waals surface area contributed by atoms with E-state index in [1.165, 1.54) is 36.4 Å². The third kappa shape index (κ3) is 4.87. The Labute approximate surface area is 210 Å². The minimum Gasteiger partial charge on any atom is -0.322 e. The van der Waals surface area contributed by atoms with Crippen LogP contribution in [0.1, 0.15) is 70.3 Å². The minimum absolute atomic E-state index is 0.212. The monoisotopic (exact) mass is 505 g/mol. The van der Waals surface area contributed by atoms with Crippen LogP contribution in [-0.2, 0) is 10.0 Å². The van der Waals surface area contributed by atoms with E-state index in [1.54, 1.807) is 32.0 Å². The SMILES string of the molecule is CC(C)c1ccc(N2C(=O)c3ccc(NC(=O)c4ccc(NS(=O)(=O)C(C)C)cc4)cc3C2=O)cc1. The van der Waals surface area contributed by atoms with Gasteiger partial charge < -0.3 is 5.32 Å². The number of hydrogen-bond donors (Lipinski definition) is 2. The van der Waals surface area contributed by atoms with Gasteiger partial charge in [-0.15, -0.1) is 0 Å². The molecule has 1 heterocycles. The number of amides is 3. The van der Waals surface area contributed by atoms with E-state index >= 15 is 0 Å². The van der Waals surface area contributed by atoms with Gasteiger partial charge in [-0.2, -0.15) is 0 Å². The number of benzene rings is 3. The molecular weight excluding hydrogens is 478 g/mol. The summed E-state index contributed by atoms with van der Waals surface area (Å²) in [6, 6.07) is 17.9. The topological polar surface area (TPSA) is 113 Å². The van der Waals surface area contributed by atoms with Crippen LogP contribution < -0.4 is 14.9 Å². The number of hydrogen-bond acceptors (Lipinski definition) is 5. The fraction of sp³-hybridized carbons (Fsp3) is 0.222. The van der Waals surface area contributed by atoms with Gasteiger partial charge in [0.05, 0.1) is 22.1 Å². The molecule has 4 rings (SSSR count). The quantitative estimate of drug-likeness (QED) is 0.438. The fourth-order valence-electron chi connectivity index (χ4n) is 3.74. The maximum atomic E-state index is 13.1. The molecule has 0 radical (unpaired) electrons. The Hall–Kier alpha value is -3.98. The second kappa shape index (κ2) is 9.58. The van der Waals surface area contributed by atoms with Crippen LogP contribution in [-0.4, -0.2) is 31.4 Å². The van der Waals surface area contributed by atoms with Crippen LogP contribution in [0.25, 0.3) is 0 Å². The maximum Gasteiger partial charge on any atom is 0.266 e. The number of nitrogens with one attached hydrogen (secondary N) is 2. The van der Waals surface area contributed by atoms with Crippen LogP contribution in [0.3, 0.4) is 0 Å². The van der Waals surface area contributed by atoms with Crippen molar-refractivity contribution >= 4 is 44.8 Å². The van der Waals surface area contributed by atoms with E-state index in [9.17, 15) is 22.8 Å². The van der Waals surface area contributed by atoms with Crippen molar-refractivity contribution in [3.05, 3.63) is 89.0 Å². The van der Waals surface area contributed by atoms with Gasteiger partial charge in [-0.1, -0.05) is 26.0 Å². The van der Waals surface area contributed by atoms with Gasteiger partial charge in [0.1, 0.15) is 0 Å². The Kier molecular flexibility index (Phi) is 6.69. The average molecular weight is 506 g/mol. The van der Waals surface area contributed by atoms with E-state index in [2.05, 4.69) is 23.9 Å². The molecule has 1 aliphatic heterocycles. The number of nitrogens with zero attached hydrogens (tertiary/aromatic N) is 1. The van der Waals surface area contributed by atoms with Crippen molar-refractivity contribution in [3.63, 3.8) is 0 Å². The summed E-state index contributed by atoms with van der Waals surface area (Å²) in [5, 5.41) is 2.13. The van der Waals surface area contributed by atoms with Crippen LogP contribution in [0, 0.1) is 0 Å². The van der Waals surface area contributed by atoms with Gasteiger partial charge >= 0.3 is 0 Å². The summed E-state index contributed by atoms with van der Waals surface area (Å²) >= 11 is 0. The number of anilines is 3. The normalized spacial score (nSPS) is 13.3. The molecule has 0 saturated carbocycles. The lowest BCUT2D eigenvalue weighted by atomic mass is 10.0. The zero-order valence-electron chi connectivity index (χ0n) is 20.4. The van der Waals surface area contributed by atoms with Gasteiger partial charge in [-0.3, -0.25) is 19.1 Å². The molecule has 3 aromatic carbocycles. The largest absolute Gasteiger partial charge is 0.322 e. The van der Waals surface area contributed by atoms with E-state index in [0.717, 1.165) is 10.5 Å². The molecule has 0 fully saturated rings. The molecule has 186 valence electrons. The maximum absolute atomic E-state index is 13.1. The summed E-state index contributed by atoms with van der Waals surface area (Å²) in [7, 11) is -3.49. The minimum atomic E-state index is -3.49. The van der Waals surface area contributed by atoms with Crippen LogP contribution >= 0.6 is 0 Å². The molecule has 2 N–H and O–H groups in total. The molecule has 9 heteroatoms. The van der Waals surface area contributed by atoms with Crippen LogP contribution in [0.2, 0.25) is 0 Å². The first-order chi connectivity index (χ1) is 17.0. The van der Waals surface area contributed by atoms with Crippen molar-refractivity contribution in [1.82, 2.24) is 0 Å². The zero-order chi connectivity index (χ0) is 26.2. The molecule has 0 aromatic heterocycles. The standard InChI is InChI=1S/C27H27N3O5S/c1-16(2)18-7-12-22(13-8-18)30-26(32)23-14-11-21(15-24(23)27(30)33)28-25(31)19-5-9-20(10-6-19)29-36(34,35)17(3)4/h5-17,29H,1-4H3,(H,28,31). The lowest BCUT2D eigenvalue weighted by Gasteiger charge is -2.15. The van der Waals surface area contributed by atoms with Gasteiger partial charge in [-0.05, 0) is 79.9 Å². The Morgan fingerprint density at radius 2 is 1.36 bits per heavy atom. The molecule has 0 saturated heterocycles. The molecule has 0 aliphatic carbocycles. The second-order valence-electron chi connectivity index (χ2n) is 9.18. The fourth-order valence-corrected chi connectivity index (χ4v) is 4.44. The molecule has 8 nitrogen and oxygen atoms in total. The van der Waals surface area contributed by atoms with Gasteiger partial charge in [0.25, 0.3) is 17.7 Å². The van der Waals surface area contributed by atoms with Crippen molar-refractivity contribution < 1.29 is 22.8 Å². The van der Waals surface area contributed by atoms with Crippen LogP contribution in [0.15, 0.2) is 66.7 Å². The number of carbonyl (C=O) groups is 3. The van der Waals surface area contributed by atoms with Crippen LogP contribution in [0.5, 0.6) is 0 Å². The highest BCUT2D eigenvalue weighted by molar-refractivity contribution is 7.93. The van der Waals surface area contributed by atoms with Gasteiger partial charge in [-0.25, -0.2) is 13.3 Å². The van der Waals surface area contributed by atoms with Crippen molar-refractivity contribution in [3.8, 4) is 0 Å². The van der Waals surface area contributed by atoms with Gasteiger partial charge in [0.15, 0.2) is 0 Å². The Morgan fingerprint density at radius 3 is 1.94 bits per heavy atom. The average Bonchev–Trinajstić information content (AvgIpc) is 3.08. The predicted octanol–water partition coefficient (Wildman–Crippen LogP) is 5.01. The summed E-state index contributed by atoms with van der Waals surface area (Å²) in [5.74, 6) is -0.978. The first kappa shape index (κ1) is 25.1. The van der Waals surface area contributed by atoms with Crippen LogP contribution in [0.4, 0.5) is 17.1 Å². The molecule has 36 heavy (non-hydrogen) atoms. The highest BCUT2D eigenvalue weighted by Gasteiger charge is 2.37. The van der Waals surface area contributed by atoms with Crippen molar-refractivity contribution in [2.75, 3.05) is 14.9 Å². The molecule has 3 aromatic rings. The van der Waals surface area contributed by atoms with Crippen molar-refractivity contribution in [2.24, 2.45) is 0 Å². The first-order valence-electron chi connectivity index (χ1n) is 11.5. The van der Waals surface area contributed by atoms with E-state index < -0.39 is 33.0 Å². The number of rotatable bonds is 7. The van der Waals surface area contributed by atoms with Gasteiger partial charge in [0, 0.05) is 16.9 Å². The number of sulfonamides is 1. The lowest BCUT2D eigenvalue weighted by Crippen LogP contribution is -2.29. The molecule has 3 amide bonds. The summed E-state index contributed by atoms with van der Waals surface area (Å²) in [5.41, 5.74) is 3.09. The molecule has 0 bridgehead atoms. The Balaban J connectivity index is 1.50. The number of fused-ring (bicyclic) bond motifs is 1. The van der Waals surface area contributed by atoms with E-state index in [4.69, 9.17) is 0 Å². The highest BCUT2D eigenvalue weighted by atomic mass is 32.2. The number of carbonyl (C=O) groups excluding carboxylic acids is 3. The summed E-state index contributed by atoms with van der Waals surface area (Å²) < 4.78 is 26.5. The van der Waals surface area contributed by atoms with Crippen molar-refractivity contribution in [1.29, 1.82) is 0 Å². The summed E-state index contributed by atoms with van der Waals surface area (Å²) in [6.07, 6.45) is 0. The first-order valence-corrected chi connectivity index (χ1v) is 13.1. The Bertz CT molecular complexity index is 1440. The summed E-state index contributed by atoms with van der Waals surface area (Å²) in [6.45, 7) is 7.27.